The number of hydrogen-bond donors (Lipinski definition) is 0. The van der Waals surface area contributed by atoms with Gasteiger partial charge >= 0.3 is 0 Å². The average molecular weight is 414 g/mol. The number of nitrogens with zero attached hydrogens (tertiary/aromatic N) is 2. The first-order valence-corrected chi connectivity index (χ1v) is 9.55. The van der Waals surface area contributed by atoms with Crippen LogP contribution < -0.4 is 19.6 Å². The minimum absolute atomic E-state index is 0.176. The number of aliphatic carboxylic acids is 1. The molecule has 0 unspecified atom stereocenters. The highest BCUT2D eigenvalue weighted by atomic mass is 32.2. The number of anilines is 2. The van der Waals surface area contributed by atoms with E-state index in [1.54, 1.807) is 30.3 Å². The van der Waals surface area contributed by atoms with Crippen LogP contribution in [0.3, 0.4) is 0 Å². The predicted octanol–water partition coefficient (Wildman–Crippen LogP) is 2.29. The van der Waals surface area contributed by atoms with Crippen molar-refractivity contribution in [3.63, 3.8) is 0 Å². The molecule has 0 N–H and O–H groups in total. The summed E-state index contributed by atoms with van der Waals surface area (Å²) >= 11 is 6.63. The number of hydrogen-bond acceptors (Lipinski definition) is 7. The summed E-state index contributed by atoms with van der Waals surface area (Å²) in [5.74, 6) is -1.05. The minimum Gasteiger partial charge on any atom is -0.546 e. The lowest BCUT2D eigenvalue weighted by Crippen LogP contribution is -2.28. The summed E-state index contributed by atoms with van der Waals surface area (Å²) < 4.78 is 5.52. The fourth-order valence-corrected chi connectivity index (χ4v) is 3.84. The first-order valence-electron chi connectivity index (χ1n) is 8.33. The van der Waals surface area contributed by atoms with Crippen LogP contribution in [-0.4, -0.2) is 36.9 Å². The highest BCUT2D eigenvalue weighted by Gasteiger charge is 2.33. The number of benzene rings is 2. The molecule has 0 aliphatic carbocycles. The molecule has 0 saturated carbocycles. The van der Waals surface area contributed by atoms with E-state index in [1.807, 2.05) is 43.3 Å². The first-order chi connectivity index (χ1) is 13.3. The van der Waals surface area contributed by atoms with Gasteiger partial charge in [-0.15, -0.1) is 0 Å². The van der Waals surface area contributed by atoms with E-state index < -0.39 is 12.6 Å². The molecule has 1 heterocycles. The number of carbonyl (C=O) groups is 2. The molecule has 1 saturated heterocycles. The molecule has 1 fully saturated rings. The Morgan fingerprint density at radius 1 is 1.18 bits per heavy atom. The number of rotatable bonds is 6. The molecule has 2 aromatic carbocycles. The molecule has 2 aromatic rings. The monoisotopic (exact) mass is 413 g/mol. The van der Waals surface area contributed by atoms with Crippen molar-refractivity contribution >= 4 is 57.6 Å². The van der Waals surface area contributed by atoms with Gasteiger partial charge in [-0.3, -0.25) is 9.69 Å². The lowest BCUT2D eigenvalue weighted by atomic mass is 10.2. The van der Waals surface area contributed by atoms with E-state index >= 15 is 0 Å². The maximum Gasteiger partial charge on any atom is 0.270 e. The Bertz CT molecular complexity index is 938. The molecule has 8 heteroatoms. The van der Waals surface area contributed by atoms with Gasteiger partial charge in [-0.2, -0.15) is 0 Å². The standard InChI is InChI=1S/C20H18N2O4S2/c1-21(2)14-5-7-15(8-6-14)22-19(25)17(28-20(22)27)11-13-3-9-16(10-4-13)26-12-18(23)24/h3-11H,12H2,1-2H3,(H,23,24)/p-1/b17-11+. The van der Waals surface area contributed by atoms with Crippen molar-refractivity contribution in [3.8, 4) is 5.75 Å². The van der Waals surface area contributed by atoms with Crippen molar-refractivity contribution < 1.29 is 19.4 Å². The van der Waals surface area contributed by atoms with Crippen LogP contribution in [0.25, 0.3) is 6.08 Å². The van der Waals surface area contributed by atoms with Gasteiger partial charge in [0.2, 0.25) is 0 Å². The summed E-state index contributed by atoms with van der Waals surface area (Å²) in [6.07, 6.45) is 1.75. The predicted molar refractivity (Wildman–Crippen MR) is 113 cm³/mol. The van der Waals surface area contributed by atoms with Gasteiger partial charge in [0.15, 0.2) is 4.32 Å². The Morgan fingerprint density at radius 3 is 2.39 bits per heavy atom. The van der Waals surface area contributed by atoms with Gasteiger partial charge in [-0.1, -0.05) is 36.1 Å². The molecule has 0 aromatic heterocycles. The molecule has 3 rings (SSSR count). The van der Waals surface area contributed by atoms with Crippen LogP contribution in [0.2, 0.25) is 0 Å². The van der Waals surface area contributed by atoms with Crippen LogP contribution in [0.5, 0.6) is 5.75 Å². The van der Waals surface area contributed by atoms with Crippen molar-refractivity contribution in [3.05, 3.63) is 59.0 Å². The zero-order valence-electron chi connectivity index (χ0n) is 15.2. The molecular formula is C20H17N2O4S2-. The van der Waals surface area contributed by atoms with E-state index in [0.717, 1.165) is 16.9 Å². The Labute approximate surface area is 172 Å². The van der Waals surface area contributed by atoms with Crippen LogP contribution in [0.4, 0.5) is 11.4 Å². The normalized spacial score (nSPS) is 15.2. The molecule has 0 atom stereocenters. The van der Waals surface area contributed by atoms with Gasteiger partial charge in [0.1, 0.15) is 12.4 Å². The Morgan fingerprint density at radius 2 is 1.82 bits per heavy atom. The first kappa shape index (κ1) is 19.9. The van der Waals surface area contributed by atoms with E-state index in [1.165, 1.54) is 16.7 Å². The summed E-state index contributed by atoms with van der Waals surface area (Å²) in [4.78, 5) is 27.3. The molecule has 1 aliphatic heterocycles. The average Bonchev–Trinajstić information content (AvgIpc) is 2.94. The summed E-state index contributed by atoms with van der Waals surface area (Å²) in [5.41, 5.74) is 2.54. The summed E-state index contributed by atoms with van der Waals surface area (Å²) in [6, 6.07) is 14.3. The topological polar surface area (TPSA) is 72.9 Å². The van der Waals surface area contributed by atoms with E-state index in [2.05, 4.69) is 0 Å². The molecule has 1 amide bonds. The number of ether oxygens (including phenoxy) is 1. The van der Waals surface area contributed by atoms with E-state index in [-0.39, 0.29) is 5.91 Å². The summed E-state index contributed by atoms with van der Waals surface area (Å²) in [7, 11) is 3.90. The molecule has 0 bridgehead atoms. The third-order valence-corrected chi connectivity index (χ3v) is 5.25. The van der Waals surface area contributed by atoms with Crippen molar-refractivity contribution in [2.24, 2.45) is 0 Å². The van der Waals surface area contributed by atoms with Crippen LogP contribution in [0, 0.1) is 0 Å². The van der Waals surface area contributed by atoms with Crippen molar-refractivity contribution in [1.82, 2.24) is 0 Å². The van der Waals surface area contributed by atoms with Crippen molar-refractivity contribution in [2.45, 2.75) is 0 Å². The highest BCUT2D eigenvalue weighted by Crippen LogP contribution is 2.36. The zero-order valence-corrected chi connectivity index (χ0v) is 16.9. The van der Waals surface area contributed by atoms with Crippen molar-refractivity contribution in [2.75, 3.05) is 30.5 Å². The van der Waals surface area contributed by atoms with Gasteiger partial charge in [0.05, 0.1) is 16.6 Å². The fraction of sp³-hybridized carbons (Fsp3) is 0.150. The molecular weight excluding hydrogens is 396 g/mol. The van der Waals surface area contributed by atoms with Crippen LogP contribution in [0.15, 0.2) is 53.4 Å². The van der Waals surface area contributed by atoms with Crippen LogP contribution in [0.1, 0.15) is 5.56 Å². The van der Waals surface area contributed by atoms with E-state index in [4.69, 9.17) is 17.0 Å². The number of amides is 1. The maximum absolute atomic E-state index is 12.8. The lowest BCUT2D eigenvalue weighted by molar-refractivity contribution is -0.307. The number of carboxylic acids is 1. The largest absolute Gasteiger partial charge is 0.546 e. The third-order valence-electron chi connectivity index (χ3n) is 3.95. The van der Waals surface area contributed by atoms with Gasteiger partial charge in [-0.05, 0) is 48.0 Å². The van der Waals surface area contributed by atoms with E-state index in [0.29, 0.717) is 15.0 Å². The number of carboxylic acid groups (broad SMARTS) is 1. The molecule has 0 spiro atoms. The summed E-state index contributed by atoms with van der Waals surface area (Å²) in [6.45, 7) is -0.509. The van der Waals surface area contributed by atoms with Gasteiger partial charge in [0, 0.05) is 19.8 Å². The van der Waals surface area contributed by atoms with Gasteiger partial charge < -0.3 is 19.5 Å². The van der Waals surface area contributed by atoms with Crippen LogP contribution in [-0.2, 0) is 9.59 Å². The highest BCUT2D eigenvalue weighted by molar-refractivity contribution is 8.27. The second-order valence-corrected chi connectivity index (χ2v) is 7.83. The van der Waals surface area contributed by atoms with Gasteiger partial charge in [-0.25, -0.2) is 0 Å². The number of carbonyl (C=O) groups excluding carboxylic acids is 2. The Balaban J connectivity index is 1.76. The third kappa shape index (κ3) is 4.52. The van der Waals surface area contributed by atoms with Gasteiger partial charge in [0.25, 0.3) is 5.91 Å². The summed E-state index contributed by atoms with van der Waals surface area (Å²) in [5, 5.41) is 10.4. The number of thioether (sulfide) groups is 1. The lowest BCUT2D eigenvalue weighted by Gasteiger charge is -2.17. The number of thiocarbonyl (C=S) groups is 1. The zero-order chi connectivity index (χ0) is 20.3. The molecule has 6 nitrogen and oxygen atoms in total. The molecule has 28 heavy (non-hydrogen) atoms. The second-order valence-electron chi connectivity index (χ2n) is 6.16. The van der Waals surface area contributed by atoms with Crippen LogP contribution >= 0.6 is 24.0 Å². The minimum atomic E-state index is -1.29. The quantitative estimate of drug-likeness (QED) is 0.531. The van der Waals surface area contributed by atoms with E-state index in [9.17, 15) is 14.7 Å². The molecule has 144 valence electrons. The fourth-order valence-electron chi connectivity index (χ4n) is 2.54. The molecule has 0 radical (unpaired) electrons. The second kappa shape index (κ2) is 8.45. The smallest absolute Gasteiger partial charge is 0.270 e. The van der Waals surface area contributed by atoms with Crippen molar-refractivity contribution in [1.29, 1.82) is 0 Å². The Hall–Kier alpha value is -2.84. The maximum atomic E-state index is 12.8. The Kier molecular flexibility index (Phi) is 6.01. The molecule has 1 aliphatic rings. The SMILES string of the molecule is CN(C)c1ccc(N2C(=O)/C(=C\c3ccc(OCC(=O)[O-])cc3)SC2=S)cc1.